The Bertz CT molecular complexity index is 358. The highest BCUT2D eigenvalue weighted by Crippen LogP contribution is 2.25. The summed E-state index contributed by atoms with van der Waals surface area (Å²) in [4.78, 5) is 10.4. The standard InChI is InChI=1S/C12H23N5O/c1-4-7-17(5-2)8-6-14-12-10(18-3)11(13)15-9-16-12/h9H,4-8H2,1-3H3,(H3,13,14,15,16). The van der Waals surface area contributed by atoms with Gasteiger partial charge in [-0.1, -0.05) is 13.8 Å². The summed E-state index contributed by atoms with van der Waals surface area (Å²) in [5.74, 6) is 1.52. The van der Waals surface area contributed by atoms with Crippen molar-refractivity contribution in [3.8, 4) is 5.75 Å². The van der Waals surface area contributed by atoms with E-state index >= 15 is 0 Å². The summed E-state index contributed by atoms with van der Waals surface area (Å²) in [6.45, 7) is 8.29. The molecule has 0 spiro atoms. The molecule has 3 N–H and O–H groups in total. The number of ether oxygens (including phenoxy) is 1. The Labute approximate surface area is 109 Å². The van der Waals surface area contributed by atoms with E-state index in [1.807, 2.05) is 0 Å². The van der Waals surface area contributed by atoms with Crippen LogP contribution in [0.15, 0.2) is 6.33 Å². The monoisotopic (exact) mass is 253 g/mol. The summed E-state index contributed by atoms with van der Waals surface area (Å²) < 4.78 is 5.18. The van der Waals surface area contributed by atoms with Crippen molar-refractivity contribution in [2.45, 2.75) is 20.3 Å². The van der Waals surface area contributed by atoms with E-state index in [2.05, 4.69) is 34.0 Å². The lowest BCUT2D eigenvalue weighted by Gasteiger charge is -2.20. The van der Waals surface area contributed by atoms with Gasteiger partial charge in [0.25, 0.3) is 0 Å². The van der Waals surface area contributed by atoms with Gasteiger partial charge in [0.2, 0.25) is 5.75 Å². The first-order valence-electron chi connectivity index (χ1n) is 6.33. The Kier molecular flexibility index (Phi) is 6.21. The van der Waals surface area contributed by atoms with Crippen molar-refractivity contribution in [2.24, 2.45) is 0 Å². The summed E-state index contributed by atoms with van der Waals surface area (Å²) in [5.41, 5.74) is 5.71. The fourth-order valence-corrected chi connectivity index (χ4v) is 1.79. The molecule has 102 valence electrons. The van der Waals surface area contributed by atoms with Crippen LogP contribution in [0.2, 0.25) is 0 Å². The molecule has 1 heterocycles. The zero-order valence-corrected chi connectivity index (χ0v) is 11.4. The zero-order chi connectivity index (χ0) is 13.4. The van der Waals surface area contributed by atoms with Gasteiger partial charge in [-0.25, -0.2) is 9.97 Å². The van der Waals surface area contributed by atoms with Crippen LogP contribution in [0.1, 0.15) is 20.3 Å². The number of nitrogens with two attached hydrogens (primary N) is 1. The number of methoxy groups -OCH3 is 1. The number of anilines is 2. The number of nitrogens with one attached hydrogen (secondary N) is 1. The molecule has 0 radical (unpaired) electrons. The van der Waals surface area contributed by atoms with Crippen LogP contribution in [0.5, 0.6) is 5.75 Å². The first-order chi connectivity index (χ1) is 8.72. The van der Waals surface area contributed by atoms with Gasteiger partial charge >= 0.3 is 0 Å². The van der Waals surface area contributed by atoms with Crippen LogP contribution in [0, 0.1) is 0 Å². The summed E-state index contributed by atoms with van der Waals surface area (Å²) >= 11 is 0. The lowest BCUT2D eigenvalue weighted by molar-refractivity contribution is 0.299. The summed E-state index contributed by atoms with van der Waals surface area (Å²) in [7, 11) is 1.57. The molecular weight excluding hydrogens is 230 g/mol. The van der Waals surface area contributed by atoms with Gasteiger partial charge in [-0.05, 0) is 19.5 Å². The van der Waals surface area contributed by atoms with Crippen LogP contribution in [0.4, 0.5) is 11.6 Å². The second-order valence-electron chi connectivity index (χ2n) is 4.00. The average molecular weight is 253 g/mol. The Hall–Kier alpha value is -1.56. The summed E-state index contributed by atoms with van der Waals surface area (Å²) in [6, 6.07) is 0. The highest BCUT2D eigenvalue weighted by molar-refractivity contribution is 5.61. The Morgan fingerprint density at radius 1 is 1.33 bits per heavy atom. The molecule has 18 heavy (non-hydrogen) atoms. The van der Waals surface area contributed by atoms with Crippen LogP contribution in [-0.2, 0) is 0 Å². The predicted molar refractivity (Wildman–Crippen MR) is 73.9 cm³/mol. The van der Waals surface area contributed by atoms with E-state index in [9.17, 15) is 0 Å². The number of likely N-dealkylation sites (N-methyl/N-ethyl adjacent to an activating group) is 1. The summed E-state index contributed by atoms with van der Waals surface area (Å²) in [6.07, 6.45) is 2.60. The Balaban J connectivity index is 2.50. The van der Waals surface area contributed by atoms with Gasteiger partial charge in [-0.15, -0.1) is 0 Å². The molecule has 1 rings (SSSR count). The fraction of sp³-hybridized carbons (Fsp3) is 0.667. The molecule has 0 aromatic carbocycles. The van der Waals surface area contributed by atoms with E-state index in [-0.39, 0.29) is 0 Å². The maximum Gasteiger partial charge on any atom is 0.203 e. The molecule has 0 aliphatic rings. The van der Waals surface area contributed by atoms with E-state index in [0.717, 1.165) is 32.6 Å². The third-order valence-corrected chi connectivity index (χ3v) is 2.74. The predicted octanol–water partition coefficient (Wildman–Crippen LogP) is 1.21. The van der Waals surface area contributed by atoms with Crippen molar-refractivity contribution in [3.05, 3.63) is 6.33 Å². The third-order valence-electron chi connectivity index (χ3n) is 2.74. The molecule has 0 atom stereocenters. The first kappa shape index (κ1) is 14.5. The average Bonchev–Trinajstić information content (AvgIpc) is 2.38. The molecule has 0 aliphatic heterocycles. The van der Waals surface area contributed by atoms with E-state index in [1.54, 1.807) is 7.11 Å². The van der Waals surface area contributed by atoms with Crippen molar-refractivity contribution < 1.29 is 4.74 Å². The van der Waals surface area contributed by atoms with Gasteiger partial charge in [-0.3, -0.25) is 0 Å². The molecule has 0 fully saturated rings. The highest BCUT2D eigenvalue weighted by atomic mass is 16.5. The second kappa shape index (κ2) is 7.71. The van der Waals surface area contributed by atoms with E-state index < -0.39 is 0 Å². The zero-order valence-electron chi connectivity index (χ0n) is 11.4. The van der Waals surface area contributed by atoms with Gasteiger partial charge in [0.15, 0.2) is 11.6 Å². The van der Waals surface area contributed by atoms with Gasteiger partial charge < -0.3 is 20.7 Å². The van der Waals surface area contributed by atoms with Crippen molar-refractivity contribution in [2.75, 3.05) is 44.3 Å². The van der Waals surface area contributed by atoms with Gasteiger partial charge in [0, 0.05) is 13.1 Å². The second-order valence-corrected chi connectivity index (χ2v) is 4.00. The van der Waals surface area contributed by atoms with Gasteiger partial charge in [0.05, 0.1) is 7.11 Å². The van der Waals surface area contributed by atoms with Crippen molar-refractivity contribution in [1.82, 2.24) is 14.9 Å². The van der Waals surface area contributed by atoms with Crippen LogP contribution in [-0.4, -0.2) is 48.2 Å². The number of rotatable bonds is 8. The van der Waals surface area contributed by atoms with E-state index in [1.165, 1.54) is 6.33 Å². The lowest BCUT2D eigenvalue weighted by Crippen LogP contribution is -2.29. The van der Waals surface area contributed by atoms with Gasteiger partial charge in [-0.2, -0.15) is 0 Å². The third kappa shape index (κ3) is 4.03. The van der Waals surface area contributed by atoms with Crippen molar-refractivity contribution >= 4 is 11.6 Å². The van der Waals surface area contributed by atoms with Crippen LogP contribution < -0.4 is 15.8 Å². The van der Waals surface area contributed by atoms with E-state index in [4.69, 9.17) is 10.5 Å². The maximum absolute atomic E-state index is 5.71. The molecule has 0 bridgehead atoms. The van der Waals surface area contributed by atoms with Crippen molar-refractivity contribution in [1.29, 1.82) is 0 Å². The molecule has 1 aromatic rings. The van der Waals surface area contributed by atoms with Crippen LogP contribution in [0.25, 0.3) is 0 Å². The van der Waals surface area contributed by atoms with Crippen LogP contribution >= 0.6 is 0 Å². The summed E-state index contributed by atoms with van der Waals surface area (Å²) in [5, 5.41) is 3.23. The highest BCUT2D eigenvalue weighted by Gasteiger charge is 2.09. The number of nitrogen functional groups attached to an aromatic ring is 1. The van der Waals surface area contributed by atoms with E-state index in [0.29, 0.717) is 17.4 Å². The normalized spacial score (nSPS) is 10.7. The van der Waals surface area contributed by atoms with Crippen molar-refractivity contribution in [3.63, 3.8) is 0 Å². The smallest absolute Gasteiger partial charge is 0.203 e. The molecular formula is C12H23N5O. The molecule has 6 heteroatoms. The van der Waals surface area contributed by atoms with Gasteiger partial charge in [0.1, 0.15) is 6.33 Å². The molecule has 0 saturated heterocycles. The van der Waals surface area contributed by atoms with Crippen LogP contribution in [0.3, 0.4) is 0 Å². The topological polar surface area (TPSA) is 76.3 Å². The molecule has 0 amide bonds. The number of aromatic nitrogens is 2. The molecule has 6 nitrogen and oxygen atoms in total. The molecule has 0 aliphatic carbocycles. The minimum atomic E-state index is 0.357. The molecule has 1 aromatic heterocycles. The Morgan fingerprint density at radius 3 is 2.72 bits per heavy atom. The maximum atomic E-state index is 5.71. The number of hydrogen-bond acceptors (Lipinski definition) is 6. The molecule has 0 unspecified atom stereocenters. The minimum absolute atomic E-state index is 0.357. The Morgan fingerprint density at radius 2 is 2.11 bits per heavy atom. The molecule has 0 saturated carbocycles. The number of hydrogen-bond donors (Lipinski definition) is 2. The fourth-order valence-electron chi connectivity index (χ4n) is 1.79. The number of nitrogens with zero attached hydrogens (tertiary/aromatic N) is 3. The largest absolute Gasteiger partial charge is 0.490 e. The SMILES string of the molecule is CCCN(CC)CCNc1ncnc(N)c1OC. The quantitative estimate of drug-likeness (QED) is 0.725. The lowest BCUT2D eigenvalue weighted by atomic mass is 10.4. The first-order valence-corrected chi connectivity index (χ1v) is 6.33. The minimum Gasteiger partial charge on any atom is -0.490 e.